The fraction of sp³-hybridized carbons (Fsp3) is 0.462. The Hall–Kier alpha value is -1.36. The quantitative estimate of drug-likeness (QED) is 0.879. The van der Waals surface area contributed by atoms with Crippen LogP contribution in [-0.2, 0) is 10.8 Å². The minimum Gasteiger partial charge on any atom is -0.478 e. The molecule has 2 N–H and O–H groups in total. The molecule has 18 heavy (non-hydrogen) atoms. The highest BCUT2D eigenvalue weighted by atomic mass is 32.2. The Morgan fingerprint density at radius 2 is 2.06 bits per heavy atom. The minimum absolute atomic E-state index is 0.225. The van der Waals surface area contributed by atoms with Crippen molar-refractivity contribution in [3.63, 3.8) is 0 Å². The van der Waals surface area contributed by atoms with Crippen molar-refractivity contribution >= 4 is 22.5 Å². The summed E-state index contributed by atoms with van der Waals surface area (Å²) in [7, 11) is -0.694. The normalized spacial score (nSPS) is 23.6. The second-order valence-electron chi connectivity index (χ2n) is 4.62. The van der Waals surface area contributed by atoms with E-state index in [0.29, 0.717) is 22.8 Å². The fourth-order valence-corrected chi connectivity index (χ4v) is 3.42. The molecule has 98 valence electrons. The molecule has 0 amide bonds. The number of hydrogen-bond donors (Lipinski definition) is 2. The third kappa shape index (κ3) is 3.10. The molecule has 1 heterocycles. The lowest BCUT2D eigenvalue weighted by Crippen LogP contribution is -2.30. The SMILES string of the molecule is Cc1ccc(C(=O)O)c(NC2CCS(=O)CC2)c1. The van der Waals surface area contributed by atoms with Crippen LogP contribution in [0.25, 0.3) is 0 Å². The molecule has 0 bridgehead atoms. The number of rotatable bonds is 3. The number of carboxylic acid groups (broad SMARTS) is 1. The summed E-state index contributed by atoms with van der Waals surface area (Å²) < 4.78 is 11.3. The van der Waals surface area contributed by atoms with E-state index in [1.54, 1.807) is 12.1 Å². The van der Waals surface area contributed by atoms with Crippen molar-refractivity contribution < 1.29 is 14.1 Å². The number of aromatic carboxylic acids is 1. The summed E-state index contributed by atoms with van der Waals surface area (Å²) in [4.78, 5) is 11.1. The molecule has 0 unspecified atom stereocenters. The van der Waals surface area contributed by atoms with Crippen LogP contribution < -0.4 is 5.32 Å². The van der Waals surface area contributed by atoms with Crippen LogP contribution in [-0.4, -0.2) is 32.8 Å². The van der Waals surface area contributed by atoms with E-state index in [1.165, 1.54) is 0 Å². The Labute approximate surface area is 109 Å². The lowest BCUT2D eigenvalue weighted by molar-refractivity contribution is 0.0698. The average Bonchev–Trinajstić information content (AvgIpc) is 2.32. The van der Waals surface area contributed by atoms with Gasteiger partial charge in [-0.05, 0) is 37.5 Å². The van der Waals surface area contributed by atoms with Gasteiger partial charge >= 0.3 is 5.97 Å². The van der Waals surface area contributed by atoms with E-state index in [4.69, 9.17) is 5.11 Å². The predicted molar refractivity (Wildman–Crippen MR) is 72.7 cm³/mol. The maximum atomic E-state index is 11.3. The van der Waals surface area contributed by atoms with E-state index in [1.807, 2.05) is 13.0 Å². The molecule has 1 fully saturated rings. The fourth-order valence-electron chi connectivity index (χ4n) is 2.12. The Morgan fingerprint density at radius 3 is 2.67 bits per heavy atom. The summed E-state index contributed by atoms with van der Waals surface area (Å²) >= 11 is 0. The summed E-state index contributed by atoms with van der Waals surface area (Å²) in [5.41, 5.74) is 1.99. The van der Waals surface area contributed by atoms with Gasteiger partial charge in [-0.25, -0.2) is 4.79 Å². The lowest BCUT2D eigenvalue weighted by atomic mass is 10.1. The molecular weight excluding hydrogens is 250 g/mol. The van der Waals surface area contributed by atoms with Gasteiger partial charge in [0.05, 0.1) is 5.56 Å². The summed E-state index contributed by atoms with van der Waals surface area (Å²) in [6.07, 6.45) is 1.67. The Balaban J connectivity index is 2.15. The number of nitrogens with one attached hydrogen (secondary N) is 1. The van der Waals surface area contributed by atoms with Crippen LogP contribution in [0.1, 0.15) is 28.8 Å². The van der Waals surface area contributed by atoms with Gasteiger partial charge in [0, 0.05) is 34.0 Å². The van der Waals surface area contributed by atoms with Crippen molar-refractivity contribution in [3.8, 4) is 0 Å². The minimum atomic E-state index is -0.920. The molecule has 1 aliphatic rings. The molecule has 0 aliphatic carbocycles. The van der Waals surface area contributed by atoms with E-state index in [9.17, 15) is 9.00 Å². The Kier molecular flexibility index (Phi) is 4.01. The summed E-state index contributed by atoms with van der Waals surface area (Å²) in [5.74, 6) is 0.481. The number of anilines is 1. The van der Waals surface area contributed by atoms with Crippen molar-refractivity contribution in [1.82, 2.24) is 0 Å². The first-order chi connectivity index (χ1) is 8.56. The number of benzene rings is 1. The zero-order valence-corrected chi connectivity index (χ0v) is 11.1. The molecule has 0 radical (unpaired) electrons. The molecule has 1 aliphatic heterocycles. The zero-order chi connectivity index (χ0) is 13.1. The molecular formula is C13H17NO3S. The monoisotopic (exact) mass is 267 g/mol. The van der Waals surface area contributed by atoms with Gasteiger partial charge < -0.3 is 10.4 Å². The number of hydrogen-bond acceptors (Lipinski definition) is 3. The van der Waals surface area contributed by atoms with Crippen LogP contribution in [0.15, 0.2) is 18.2 Å². The maximum Gasteiger partial charge on any atom is 0.337 e. The van der Waals surface area contributed by atoms with Crippen LogP contribution in [0, 0.1) is 6.92 Å². The molecule has 4 nitrogen and oxygen atoms in total. The molecule has 1 aromatic carbocycles. The van der Waals surface area contributed by atoms with Crippen molar-refractivity contribution in [3.05, 3.63) is 29.3 Å². The number of carboxylic acids is 1. The first kappa shape index (κ1) is 13.1. The first-order valence-electron chi connectivity index (χ1n) is 6.01. The van der Waals surface area contributed by atoms with E-state index in [-0.39, 0.29) is 6.04 Å². The second kappa shape index (κ2) is 5.52. The molecule has 1 aromatic rings. The summed E-state index contributed by atoms with van der Waals surface area (Å²) in [6, 6.07) is 5.50. The Bertz CT molecular complexity index is 477. The van der Waals surface area contributed by atoms with E-state index in [0.717, 1.165) is 18.4 Å². The van der Waals surface area contributed by atoms with Gasteiger partial charge in [-0.15, -0.1) is 0 Å². The first-order valence-corrected chi connectivity index (χ1v) is 7.50. The zero-order valence-electron chi connectivity index (χ0n) is 10.3. The van der Waals surface area contributed by atoms with Crippen LogP contribution in [0.2, 0.25) is 0 Å². The van der Waals surface area contributed by atoms with Crippen molar-refractivity contribution in [2.24, 2.45) is 0 Å². The van der Waals surface area contributed by atoms with Crippen LogP contribution in [0.4, 0.5) is 5.69 Å². The van der Waals surface area contributed by atoms with E-state index in [2.05, 4.69) is 5.32 Å². The highest BCUT2D eigenvalue weighted by molar-refractivity contribution is 7.85. The second-order valence-corrected chi connectivity index (χ2v) is 6.32. The largest absolute Gasteiger partial charge is 0.478 e. The molecule has 0 aromatic heterocycles. The third-order valence-corrected chi connectivity index (χ3v) is 4.54. The van der Waals surface area contributed by atoms with Gasteiger partial charge in [-0.3, -0.25) is 4.21 Å². The molecule has 0 atom stereocenters. The van der Waals surface area contributed by atoms with Crippen LogP contribution in [0.3, 0.4) is 0 Å². The molecule has 2 rings (SSSR count). The standard InChI is InChI=1S/C13H17NO3S/c1-9-2-3-11(13(15)16)12(8-9)14-10-4-6-18(17)7-5-10/h2-3,8,10,14H,4-7H2,1H3,(H,15,16). The molecule has 5 heteroatoms. The Morgan fingerprint density at radius 1 is 1.39 bits per heavy atom. The van der Waals surface area contributed by atoms with Crippen molar-refractivity contribution in [2.75, 3.05) is 16.8 Å². The average molecular weight is 267 g/mol. The molecule has 1 saturated heterocycles. The van der Waals surface area contributed by atoms with Crippen LogP contribution in [0.5, 0.6) is 0 Å². The summed E-state index contributed by atoms with van der Waals surface area (Å²) in [5, 5.41) is 12.4. The lowest BCUT2D eigenvalue weighted by Gasteiger charge is -2.24. The van der Waals surface area contributed by atoms with Gasteiger partial charge in [0.15, 0.2) is 0 Å². The van der Waals surface area contributed by atoms with Gasteiger partial charge in [0.25, 0.3) is 0 Å². The van der Waals surface area contributed by atoms with E-state index < -0.39 is 16.8 Å². The highest BCUT2D eigenvalue weighted by Crippen LogP contribution is 2.21. The van der Waals surface area contributed by atoms with Gasteiger partial charge in [-0.2, -0.15) is 0 Å². The van der Waals surface area contributed by atoms with Gasteiger partial charge in [0.2, 0.25) is 0 Å². The van der Waals surface area contributed by atoms with Crippen molar-refractivity contribution in [1.29, 1.82) is 0 Å². The van der Waals surface area contributed by atoms with Crippen LogP contribution >= 0.6 is 0 Å². The third-order valence-electron chi connectivity index (χ3n) is 3.15. The molecule has 0 spiro atoms. The van der Waals surface area contributed by atoms with E-state index >= 15 is 0 Å². The van der Waals surface area contributed by atoms with Gasteiger partial charge in [0.1, 0.15) is 0 Å². The number of aryl methyl sites for hydroxylation is 1. The summed E-state index contributed by atoms with van der Waals surface area (Å²) in [6.45, 7) is 1.94. The predicted octanol–water partition coefficient (Wildman–Crippen LogP) is 2.02. The molecule has 0 saturated carbocycles. The topological polar surface area (TPSA) is 66.4 Å². The van der Waals surface area contributed by atoms with Gasteiger partial charge in [-0.1, -0.05) is 6.07 Å². The maximum absolute atomic E-state index is 11.3. The van der Waals surface area contributed by atoms with Crippen molar-refractivity contribution in [2.45, 2.75) is 25.8 Å². The highest BCUT2D eigenvalue weighted by Gasteiger charge is 2.19. The number of carbonyl (C=O) groups is 1. The smallest absolute Gasteiger partial charge is 0.337 e.